The fourth-order valence-electron chi connectivity index (χ4n) is 3.28. The van der Waals surface area contributed by atoms with Gasteiger partial charge in [0.1, 0.15) is 5.75 Å². The van der Waals surface area contributed by atoms with Gasteiger partial charge in [-0.05, 0) is 18.1 Å². The average molecular weight is 338 g/mol. The number of nitrogens with zero attached hydrogens (tertiary/aromatic N) is 2. The lowest BCUT2D eigenvalue weighted by molar-refractivity contribution is -0.132. The van der Waals surface area contributed by atoms with Crippen molar-refractivity contribution in [3.8, 4) is 5.75 Å². The molecule has 2 aromatic carbocycles. The van der Waals surface area contributed by atoms with Gasteiger partial charge in [-0.3, -0.25) is 9.69 Å². The first kappa shape index (κ1) is 17.5. The molecule has 0 bridgehead atoms. The van der Waals surface area contributed by atoms with Crippen molar-refractivity contribution < 1.29 is 9.53 Å². The summed E-state index contributed by atoms with van der Waals surface area (Å²) in [6, 6.07) is 18.3. The molecule has 1 amide bonds. The first-order valence-electron chi connectivity index (χ1n) is 8.92. The van der Waals surface area contributed by atoms with Crippen LogP contribution in [0, 0.1) is 0 Å². The lowest BCUT2D eigenvalue weighted by Gasteiger charge is -2.35. The Kier molecular flexibility index (Phi) is 6.07. The fourth-order valence-corrected chi connectivity index (χ4v) is 3.28. The summed E-state index contributed by atoms with van der Waals surface area (Å²) in [7, 11) is 1.65. The highest BCUT2D eigenvalue weighted by Gasteiger charge is 2.21. The summed E-state index contributed by atoms with van der Waals surface area (Å²) in [5, 5.41) is 0. The van der Waals surface area contributed by atoms with Gasteiger partial charge in [-0.2, -0.15) is 0 Å². The van der Waals surface area contributed by atoms with Gasteiger partial charge in [0.25, 0.3) is 0 Å². The molecule has 3 rings (SSSR count). The maximum absolute atomic E-state index is 12.6. The number of ether oxygens (including phenoxy) is 1. The van der Waals surface area contributed by atoms with Crippen LogP contribution in [0.15, 0.2) is 54.6 Å². The molecule has 0 radical (unpaired) electrons. The molecule has 25 heavy (non-hydrogen) atoms. The van der Waals surface area contributed by atoms with Crippen molar-refractivity contribution in [2.75, 3.05) is 39.8 Å². The lowest BCUT2D eigenvalue weighted by Crippen LogP contribution is -2.49. The van der Waals surface area contributed by atoms with E-state index in [1.165, 1.54) is 5.56 Å². The summed E-state index contributed by atoms with van der Waals surface area (Å²) in [6.07, 6.45) is 1.48. The number of carbonyl (C=O) groups excluding carboxylic acids is 1. The predicted octanol–water partition coefficient (Wildman–Crippen LogP) is 2.62. The van der Waals surface area contributed by atoms with Gasteiger partial charge >= 0.3 is 0 Å². The first-order chi connectivity index (χ1) is 12.3. The maximum Gasteiger partial charge on any atom is 0.227 e. The second kappa shape index (κ2) is 8.67. The second-order valence-corrected chi connectivity index (χ2v) is 6.45. The Morgan fingerprint density at radius 2 is 1.64 bits per heavy atom. The minimum atomic E-state index is 0.187. The molecule has 0 spiro atoms. The zero-order chi connectivity index (χ0) is 17.5. The molecule has 0 atom stereocenters. The highest BCUT2D eigenvalue weighted by atomic mass is 16.5. The number of hydrogen-bond acceptors (Lipinski definition) is 3. The van der Waals surface area contributed by atoms with Crippen LogP contribution in [0.1, 0.15) is 11.1 Å². The van der Waals surface area contributed by atoms with E-state index in [9.17, 15) is 4.79 Å². The molecule has 1 saturated heterocycles. The van der Waals surface area contributed by atoms with Gasteiger partial charge in [-0.15, -0.1) is 0 Å². The number of hydrogen-bond donors (Lipinski definition) is 0. The summed E-state index contributed by atoms with van der Waals surface area (Å²) in [6.45, 7) is 4.57. The summed E-state index contributed by atoms with van der Waals surface area (Å²) in [4.78, 5) is 17.0. The molecule has 1 fully saturated rings. The molecule has 1 aliphatic heterocycles. The summed E-state index contributed by atoms with van der Waals surface area (Å²) >= 11 is 0. The predicted molar refractivity (Wildman–Crippen MR) is 99.9 cm³/mol. The largest absolute Gasteiger partial charge is 0.496 e. The monoisotopic (exact) mass is 338 g/mol. The Morgan fingerprint density at radius 3 is 2.36 bits per heavy atom. The van der Waals surface area contributed by atoms with Gasteiger partial charge in [0, 0.05) is 38.3 Å². The third kappa shape index (κ3) is 4.83. The Morgan fingerprint density at radius 1 is 0.960 bits per heavy atom. The number of rotatable bonds is 6. The van der Waals surface area contributed by atoms with E-state index < -0.39 is 0 Å². The molecule has 0 aliphatic carbocycles. The minimum absolute atomic E-state index is 0.187. The van der Waals surface area contributed by atoms with Gasteiger partial charge in [-0.1, -0.05) is 48.5 Å². The third-order valence-electron chi connectivity index (χ3n) is 4.82. The fraction of sp³-hybridized carbons (Fsp3) is 0.381. The highest BCUT2D eigenvalue weighted by molar-refractivity contribution is 5.79. The molecular weight excluding hydrogens is 312 g/mol. The Hall–Kier alpha value is -2.33. The van der Waals surface area contributed by atoms with E-state index in [2.05, 4.69) is 35.2 Å². The van der Waals surface area contributed by atoms with Gasteiger partial charge in [0.05, 0.1) is 13.5 Å². The third-order valence-corrected chi connectivity index (χ3v) is 4.82. The van der Waals surface area contributed by atoms with Crippen molar-refractivity contribution in [1.29, 1.82) is 0 Å². The van der Waals surface area contributed by atoms with Crippen molar-refractivity contribution in [3.05, 3.63) is 65.7 Å². The summed E-state index contributed by atoms with van der Waals surface area (Å²) in [5.41, 5.74) is 2.33. The smallest absolute Gasteiger partial charge is 0.227 e. The summed E-state index contributed by atoms with van der Waals surface area (Å²) < 4.78 is 5.35. The molecule has 132 valence electrons. The number of benzene rings is 2. The Labute approximate surface area is 150 Å². The van der Waals surface area contributed by atoms with Crippen molar-refractivity contribution in [1.82, 2.24) is 9.80 Å². The van der Waals surface area contributed by atoms with Crippen LogP contribution >= 0.6 is 0 Å². The number of carbonyl (C=O) groups is 1. The minimum Gasteiger partial charge on any atom is -0.496 e. The number of methoxy groups -OCH3 is 1. The molecule has 0 saturated carbocycles. The lowest BCUT2D eigenvalue weighted by atomic mass is 10.1. The number of piperazine rings is 1. The molecule has 0 unspecified atom stereocenters. The van der Waals surface area contributed by atoms with E-state index in [1.807, 2.05) is 29.2 Å². The molecule has 4 nitrogen and oxygen atoms in total. The van der Waals surface area contributed by atoms with E-state index in [4.69, 9.17) is 4.74 Å². The molecule has 1 aliphatic rings. The van der Waals surface area contributed by atoms with Gasteiger partial charge < -0.3 is 9.64 Å². The summed E-state index contributed by atoms with van der Waals surface area (Å²) in [5.74, 6) is 0.976. The average Bonchev–Trinajstić information content (AvgIpc) is 2.68. The van der Waals surface area contributed by atoms with Crippen LogP contribution in [0.3, 0.4) is 0 Å². The quantitative estimate of drug-likeness (QED) is 0.812. The Balaban J connectivity index is 1.46. The standard InChI is InChI=1S/C21H26N2O2/c1-25-20-10-6-5-9-19(20)17-21(24)23-15-13-22(14-16-23)12-11-18-7-3-2-4-8-18/h2-10H,11-17H2,1H3. The van der Waals surface area contributed by atoms with E-state index in [0.717, 1.165) is 50.5 Å². The number of para-hydroxylation sites is 1. The van der Waals surface area contributed by atoms with Crippen LogP contribution in [0.25, 0.3) is 0 Å². The molecule has 0 N–H and O–H groups in total. The Bertz CT molecular complexity index is 679. The van der Waals surface area contributed by atoms with E-state index >= 15 is 0 Å². The second-order valence-electron chi connectivity index (χ2n) is 6.45. The molecule has 0 aromatic heterocycles. The van der Waals surface area contributed by atoms with Crippen LogP contribution in [0.4, 0.5) is 0 Å². The molecule has 2 aromatic rings. The maximum atomic E-state index is 12.6. The highest BCUT2D eigenvalue weighted by Crippen LogP contribution is 2.19. The zero-order valence-corrected chi connectivity index (χ0v) is 14.9. The van der Waals surface area contributed by atoms with Crippen LogP contribution in [0.2, 0.25) is 0 Å². The van der Waals surface area contributed by atoms with E-state index in [-0.39, 0.29) is 5.91 Å². The van der Waals surface area contributed by atoms with Crippen molar-refractivity contribution in [2.24, 2.45) is 0 Å². The van der Waals surface area contributed by atoms with Crippen molar-refractivity contribution >= 4 is 5.91 Å². The van der Waals surface area contributed by atoms with Crippen LogP contribution in [-0.4, -0.2) is 55.5 Å². The van der Waals surface area contributed by atoms with Crippen LogP contribution in [0.5, 0.6) is 5.75 Å². The SMILES string of the molecule is COc1ccccc1CC(=O)N1CCN(CCc2ccccc2)CC1. The number of amides is 1. The zero-order valence-electron chi connectivity index (χ0n) is 14.9. The van der Waals surface area contributed by atoms with Gasteiger partial charge in [-0.25, -0.2) is 0 Å². The topological polar surface area (TPSA) is 32.8 Å². The normalized spacial score (nSPS) is 15.2. The van der Waals surface area contributed by atoms with Crippen molar-refractivity contribution in [3.63, 3.8) is 0 Å². The van der Waals surface area contributed by atoms with Crippen molar-refractivity contribution in [2.45, 2.75) is 12.8 Å². The first-order valence-corrected chi connectivity index (χ1v) is 8.92. The molecule has 1 heterocycles. The van der Waals surface area contributed by atoms with Gasteiger partial charge in [0.2, 0.25) is 5.91 Å². The van der Waals surface area contributed by atoms with E-state index in [1.54, 1.807) is 7.11 Å². The molecule has 4 heteroatoms. The van der Waals surface area contributed by atoms with Crippen LogP contribution in [-0.2, 0) is 17.6 Å². The molecular formula is C21H26N2O2. The van der Waals surface area contributed by atoms with Crippen LogP contribution < -0.4 is 4.74 Å². The van der Waals surface area contributed by atoms with Gasteiger partial charge in [0.15, 0.2) is 0 Å². The van der Waals surface area contributed by atoms with E-state index in [0.29, 0.717) is 6.42 Å².